The Morgan fingerprint density at radius 3 is 2.41 bits per heavy atom. The molecule has 3 rings (SSSR count). The lowest BCUT2D eigenvalue weighted by atomic mass is 9.97. The third kappa shape index (κ3) is 5.99. The van der Waals surface area contributed by atoms with Gasteiger partial charge in [-0.25, -0.2) is 8.42 Å². The van der Waals surface area contributed by atoms with Crippen LogP contribution in [0.25, 0.3) is 0 Å². The summed E-state index contributed by atoms with van der Waals surface area (Å²) in [5.74, 6) is 0.800. The maximum absolute atomic E-state index is 13.0. The molecule has 0 atom stereocenters. The Kier molecular flexibility index (Phi) is 8.49. The fourth-order valence-electron chi connectivity index (χ4n) is 3.56. The topological polar surface area (TPSA) is 94.2 Å². The molecular formula is C23H30N2O6S. The molecule has 174 valence electrons. The van der Waals surface area contributed by atoms with Crippen molar-refractivity contribution in [3.8, 4) is 11.5 Å². The number of nitrogens with zero attached hydrogens (tertiary/aromatic N) is 1. The first-order chi connectivity index (χ1) is 15.5. The number of hydrogen-bond donors (Lipinski definition) is 1. The first-order valence-electron chi connectivity index (χ1n) is 10.7. The molecule has 1 aliphatic rings. The second-order valence-electron chi connectivity index (χ2n) is 7.38. The minimum absolute atomic E-state index is 0.125. The minimum Gasteiger partial charge on any atom is -0.495 e. The number of anilines is 1. The van der Waals surface area contributed by atoms with Crippen LogP contribution in [0.15, 0.2) is 53.4 Å². The van der Waals surface area contributed by atoms with Gasteiger partial charge in [-0.2, -0.15) is 4.31 Å². The summed E-state index contributed by atoms with van der Waals surface area (Å²) in [7, 11) is -2.08. The van der Waals surface area contributed by atoms with Crippen molar-refractivity contribution < 1.29 is 27.4 Å². The number of benzene rings is 2. The number of sulfonamides is 1. The van der Waals surface area contributed by atoms with Gasteiger partial charge in [0.15, 0.2) is 0 Å². The predicted molar refractivity (Wildman–Crippen MR) is 122 cm³/mol. The smallest absolute Gasteiger partial charge is 0.243 e. The van der Waals surface area contributed by atoms with Gasteiger partial charge in [0.25, 0.3) is 0 Å². The van der Waals surface area contributed by atoms with Crippen LogP contribution in [-0.2, 0) is 19.6 Å². The predicted octanol–water partition coefficient (Wildman–Crippen LogP) is 3.15. The van der Waals surface area contributed by atoms with E-state index in [0.717, 1.165) is 0 Å². The molecule has 0 spiro atoms. The van der Waals surface area contributed by atoms with E-state index in [9.17, 15) is 13.2 Å². The summed E-state index contributed by atoms with van der Waals surface area (Å²) in [5, 5.41) is 2.89. The molecule has 0 aliphatic carbocycles. The van der Waals surface area contributed by atoms with Crippen LogP contribution in [0.5, 0.6) is 11.5 Å². The number of piperidine rings is 1. The molecule has 32 heavy (non-hydrogen) atoms. The summed E-state index contributed by atoms with van der Waals surface area (Å²) in [5.41, 5.74) is 0.610. The molecule has 1 aliphatic heterocycles. The number of rotatable bonds is 10. The van der Waals surface area contributed by atoms with Gasteiger partial charge in [-0.15, -0.1) is 0 Å². The zero-order valence-electron chi connectivity index (χ0n) is 18.5. The molecule has 1 heterocycles. The van der Waals surface area contributed by atoms with Crippen molar-refractivity contribution in [3.63, 3.8) is 0 Å². The molecule has 1 amide bonds. The fourth-order valence-corrected chi connectivity index (χ4v) is 5.03. The van der Waals surface area contributed by atoms with Gasteiger partial charge < -0.3 is 19.5 Å². The number of carbonyl (C=O) groups excluding carboxylic acids is 1. The maximum Gasteiger partial charge on any atom is 0.243 e. The number of para-hydroxylation sites is 2. The molecule has 2 aromatic rings. The van der Waals surface area contributed by atoms with Crippen molar-refractivity contribution in [2.45, 2.75) is 24.7 Å². The Morgan fingerprint density at radius 2 is 1.75 bits per heavy atom. The molecule has 1 N–H and O–H groups in total. The Bertz CT molecular complexity index is 986. The number of carbonyl (C=O) groups is 1. The molecule has 1 fully saturated rings. The molecule has 9 heteroatoms. The lowest BCUT2D eigenvalue weighted by molar-refractivity contribution is -0.120. The summed E-state index contributed by atoms with van der Waals surface area (Å²) < 4.78 is 43.5. The van der Waals surface area contributed by atoms with E-state index < -0.39 is 10.0 Å². The van der Waals surface area contributed by atoms with Crippen molar-refractivity contribution in [2.75, 3.05) is 45.3 Å². The third-order valence-electron chi connectivity index (χ3n) is 5.35. The Balaban J connectivity index is 1.55. The number of amides is 1. The number of nitrogens with one attached hydrogen (secondary N) is 1. The second kappa shape index (κ2) is 11.3. The largest absolute Gasteiger partial charge is 0.495 e. The Morgan fingerprint density at radius 1 is 1.06 bits per heavy atom. The highest BCUT2D eigenvalue weighted by atomic mass is 32.2. The van der Waals surface area contributed by atoms with E-state index in [2.05, 4.69) is 5.32 Å². The first-order valence-corrected chi connectivity index (χ1v) is 12.1. The van der Waals surface area contributed by atoms with Crippen molar-refractivity contribution in [1.82, 2.24) is 4.31 Å². The van der Waals surface area contributed by atoms with Crippen molar-refractivity contribution in [2.24, 2.45) is 5.92 Å². The molecule has 0 aromatic heterocycles. The van der Waals surface area contributed by atoms with E-state index in [1.807, 2.05) is 19.1 Å². The van der Waals surface area contributed by atoms with Gasteiger partial charge in [-0.3, -0.25) is 4.79 Å². The minimum atomic E-state index is -3.63. The van der Waals surface area contributed by atoms with E-state index in [-0.39, 0.29) is 16.7 Å². The third-order valence-corrected chi connectivity index (χ3v) is 7.26. The highest BCUT2D eigenvalue weighted by molar-refractivity contribution is 7.89. The standard InChI is InChI=1S/C23H30N2O6S/c1-3-30-16-17-31-19-8-10-20(11-9-19)32(27,28)25-14-12-18(13-15-25)23(26)24-21-6-4-5-7-22(21)29-2/h4-11,18H,3,12-17H2,1-2H3,(H,24,26). The summed E-state index contributed by atoms with van der Waals surface area (Å²) >= 11 is 0. The molecule has 8 nitrogen and oxygen atoms in total. The number of hydrogen-bond acceptors (Lipinski definition) is 6. The second-order valence-corrected chi connectivity index (χ2v) is 9.32. The zero-order chi connectivity index (χ0) is 23.0. The van der Waals surface area contributed by atoms with E-state index in [1.165, 1.54) is 4.31 Å². The van der Waals surface area contributed by atoms with Crippen LogP contribution in [0.3, 0.4) is 0 Å². The van der Waals surface area contributed by atoms with Crippen LogP contribution in [0.2, 0.25) is 0 Å². The first kappa shape index (κ1) is 24.0. The van der Waals surface area contributed by atoms with E-state index in [1.54, 1.807) is 43.5 Å². The molecule has 0 saturated carbocycles. The van der Waals surface area contributed by atoms with Gasteiger partial charge in [0.05, 0.1) is 24.3 Å². The van der Waals surface area contributed by atoms with Crippen molar-refractivity contribution in [3.05, 3.63) is 48.5 Å². The van der Waals surface area contributed by atoms with Crippen molar-refractivity contribution >= 4 is 21.6 Å². The van der Waals surface area contributed by atoms with Gasteiger partial charge in [0.1, 0.15) is 18.1 Å². The quantitative estimate of drug-likeness (QED) is 0.545. The molecular weight excluding hydrogens is 432 g/mol. The monoisotopic (exact) mass is 462 g/mol. The van der Waals surface area contributed by atoms with Crippen molar-refractivity contribution in [1.29, 1.82) is 0 Å². The molecule has 0 unspecified atom stereocenters. The van der Waals surface area contributed by atoms with Gasteiger partial charge in [-0.1, -0.05) is 12.1 Å². The summed E-state index contributed by atoms with van der Waals surface area (Å²) in [6.45, 7) is 4.01. The average molecular weight is 463 g/mol. The van der Waals surface area contributed by atoms with E-state index in [4.69, 9.17) is 14.2 Å². The van der Waals surface area contributed by atoms with Gasteiger partial charge in [0.2, 0.25) is 15.9 Å². The van der Waals surface area contributed by atoms with Crippen LogP contribution in [0, 0.1) is 5.92 Å². The molecule has 1 saturated heterocycles. The van der Waals surface area contributed by atoms with Crippen LogP contribution >= 0.6 is 0 Å². The maximum atomic E-state index is 13.0. The summed E-state index contributed by atoms with van der Waals surface area (Å²) in [6.07, 6.45) is 0.914. The van der Waals surface area contributed by atoms with Gasteiger partial charge >= 0.3 is 0 Å². The Labute approximate surface area is 189 Å². The van der Waals surface area contributed by atoms with Crippen LogP contribution in [-0.4, -0.2) is 58.7 Å². The molecule has 2 aromatic carbocycles. The normalized spacial score (nSPS) is 15.3. The summed E-state index contributed by atoms with van der Waals surface area (Å²) in [6, 6.07) is 13.6. The SMILES string of the molecule is CCOCCOc1ccc(S(=O)(=O)N2CCC(C(=O)Nc3ccccc3OC)CC2)cc1. The zero-order valence-corrected chi connectivity index (χ0v) is 19.3. The lowest BCUT2D eigenvalue weighted by Gasteiger charge is -2.30. The summed E-state index contributed by atoms with van der Waals surface area (Å²) in [4.78, 5) is 12.9. The molecule has 0 radical (unpaired) electrons. The van der Waals surface area contributed by atoms with Crippen LogP contribution in [0.4, 0.5) is 5.69 Å². The highest BCUT2D eigenvalue weighted by Gasteiger charge is 2.32. The Hall–Kier alpha value is -2.62. The van der Waals surface area contributed by atoms with E-state index >= 15 is 0 Å². The van der Waals surface area contributed by atoms with Crippen LogP contribution < -0.4 is 14.8 Å². The lowest BCUT2D eigenvalue weighted by Crippen LogP contribution is -2.41. The van der Waals surface area contributed by atoms with Gasteiger partial charge in [-0.05, 0) is 56.2 Å². The van der Waals surface area contributed by atoms with Crippen LogP contribution in [0.1, 0.15) is 19.8 Å². The highest BCUT2D eigenvalue weighted by Crippen LogP contribution is 2.28. The van der Waals surface area contributed by atoms with Gasteiger partial charge in [0, 0.05) is 25.6 Å². The average Bonchev–Trinajstić information content (AvgIpc) is 2.82. The number of ether oxygens (including phenoxy) is 3. The van der Waals surface area contributed by atoms with E-state index in [0.29, 0.717) is 62.9 Å². The fraction of sp³-hybridized carbons (Fsp3) is 0.435. The number of methoxy groups -OCH3 is 1. The molecule has 0 bridgehead atoms.